The molecule has 0 saturated carbocycles. The lowest BCUT2D eigenvalue weighted by molar-refractivity contribution is 0.300. The highest BCUT2D eigenvalue weighted by atomic mass is 16.4. The number of hydrogen-bond donors (Lipinski definition) is 3. The van der Waals surface area contributed by atoms with Crippen LogP contribution in [-0.4, -0.2) is 26.2 Å². The predicted octanol–water partition coefficient (Wildman–Crippen LogP) is 4.49. The van der Waals surface area contributed by atoms with Crippen molar-refractivity contribution < 1.29 is 19.9 Å². The Morgan fingerprint density at radius 3 is 2.58 bits per heavy atom. The van der Waals surface area contributed by atoms with Gasteiger partial charge in [0.1, 0.15) is 22.6 Å². The molecule has 0 atom stereocenters. The number of rotatable bonds is 1. The van der Waals surface area contributed by atoms with Gasteiger partial charge in [0, 0.05) is 23.6 Å². The van der Waals surface area contributed by atoms with Gasteiger partial charge in [0.05, 0.1) is 16.8 Å². The van der Waals surface area contributed by atoms with Crippen molar-refractivity contribution in [2.75, 3.05) is 0 Å². The van der Waals surface area contributed by atoms with E-state index >= 15 is 0 Å². The Kier molecular flexibility index (Phi) is 5.09. The Morgan fingerprint density at radius 2 is 1.79 bits per heavy atom. The topological polar surface area (TPSA) is 111 Å². The lowest BCUT2D eigenvalue weighted by Crippen LogP contribution is -2.24. The minimum Gasteiger partial charge on any atom is -0.508 e. The summed E-state index contributed by atoms with van der Waals surface area (Å²) in [4.78, 5) is 4.54. The van der Waals surface area contributed by atoms with Crippen molar-refractivity contribution in [1.29, 1.82) is 0 Å². The first-order chi connectivity index (χ1) is 16.2. The van der Waals surface area contributed by atoms with Gasteiger partial charge < -0.3 is 19.9 Å². The van der Waals surface area contributed by atoms with Gasteiger partial charge in [-0.1, -0.05) is 58.6 Å². The smallest absolute Gasteiger partial charge is 0.171 e. The zero-order valence-corrected chi connectivity index (χ0v) is 17.2. The number of aromatic hydroxyl groups is 1. The van der Waals surface area contributed by atoms with Gasteiger partial charge in [0.2, 0.25) is 0 Å². The summed E-state index contributed by atoms with van der Waals surface area (Å²) in [6.45, 7) is 0. The summed E-state index contributed by atoms with van der Waals surface area (Å²) in [6, 6.07) is 16.2. The second-order valence-electron chi connectivity index (χ2n) is 7.36. The van der Waals surface area contributed by atoms with E-state index < -0.39 is 0 Å². The number of allylic oxidation sites excluding steroid dienone is 1. The van der Waals surface area contributed by atoms with E-state index in [9.17, 15) is 15.5 Å². The molecule has 1 aliphatic rings. The van der Waals surface area contributed by atoms with Crippen molar-refractivity contribution in [3.63, 3.8) is 0 Å². The van der Waals surface area contributed by atoms with Gasteiger partial charge in [-0.15, -0.1) is 0 Å². The molecule has 0 fully saturated rings. The molecule has 0 spiro atoms. The summed E-state index contributed by atoms with van der Waals surface area (Å²) >= 11 is 0. The van der Waals surface area contributed by atoms with E-state index in [0.29, 0.717) is 40.5 Å². The molecule has 7 heteroatoms. The van der Waals surface area contributed by atoms with Crippen molar-refractivity contribution in [3.05, 3.63) is 94.7 Å². The number of phenolic OH excluding ortho intramolecular Hbond substituents is 1. The maximum absolute atomic E-state index is 9.97. The molecule has 1 aliphatic carbocycles. The molecule has 2 aromatic carbocycles. The van der Waals surface area contributed by atoms with Crippen LogP contribution in [0, 0.1) is 11.8 Å². The second-order valence-corrected chi connectivity index (χ2v) is 7.36. The van der Waals surface area contributed by atoms with Crippen LogP contribution in [0.4, 0.5) is 0 Å². The van der Waals surface area contributed by atoms with Crippen molar-refractivity contribution in [1.82, 2.24) is 4.98 Å². The summed E-state index contributed by atoms with van der Waals surface area (Å²) < 4.78 is 6.19. The predicted molar refractivity (Wildman–Crippen MR) is 123 cm³/mol. The largest absolute Gasteiger partial charge is 0.508 e. The monoisotopic (exact) mass is 435 g/mol. The van der Waals surface area contributed by atoms with Gasteiger partial charge in [-0.2, -0.15) is 0 Å². The van der Waals surface area contributed by atoms with Gasteiger partial charge in [-0.25, -0.2) is 0 Å². The molecule has 2 heterocycles. The molecular weight excluding hydrogens is 418 g/mol. The molecule has 5 rings (SSSR count). The van der Waals surface area contributed by atoms with E-state index in [1.807, 2.05) is 30.3 Å². The van der Waals surface area contributed by atoms with Crippen LogP contribution in [0.1, 0.15) is 28.9 Å². The summed E-state index contributed by atoms with van der Waals surface area (Å²) in [7, 11) is 0. The molecule has 7 nitrogen and oxygen atoms in total. The Labute approximate surface area is 188 Å². The first-order valence-corrected chi connectivity index (χ1v) is 10.1. The van der Waals surface area contributed by atoms with Crippen LogP contribution in [-0.2, 0) is 0 Å². The standard InChI is InChI=1S/C26H17N3O4/c30-19-8-3-5-16(13-19)11-12-20-25(29-32)24-21(28-31)9-4-10-23(24)33-26(20)22-14-17-6-1-2-7-18(17)15-27-22/h1-8,10,13-15,30-32H,9H2. The van der Waals surface area contributed by atoms with Crippen LogP contribution in [0.25, 0.3) is 28.3 Å². The zero-order chi connectivity index (χ0) is 22.8. The van der Waals surface area contributed by atoms with Crippen LogP contribution < -0.4 is 5.36 Å². The summed E-state index contributed by atoms with van der Waals surface area (Å²) in [5.41, 5.74) is 1.99. The molecule has 160 valence electrons. The van der Waals surface area contributed by atoms with Crippen LogP contribution in [0.3, 0.4) is 0 Å². The molecule has 0 aliphatic heterocycles. The molecule has 0 radical (unpaired) electrons. The highest BCUT2D eigenvalue weighted by Crippen LogP contribution is 2.28. The van der Waals surface area contributed by atoms with E-state index in [-0.39, 0.29) is 16.7 Å². The van der Waals surface area contributed by atoms with Gasteiger partial charge in [0.25, 0.3) is 0 Å². The summed E-state index contributed by atoms with van der Waals surface area (Å²) in [5.74, 6) is 6.75. The number of aromatic nitrogens is 1. The normalized spacial score (nSPS) is 14.2. The van der Waals surface area contributed by atoms with Crippen LogP contribution in [0.2, 0.25) is 0 Å². The minimum atomic E-state index is 0.0836. The lowest BCUT2D eigenvalue weighted by atomic mass is 9.96. The van der Waals surface area contributed by atoms with Crippen LogP contribution >= 0.6 is 0 Å². The fourth-order valence-electron chi connectivity index (χ4n) is 3.75. The van der Waals surface area contributed by atoms with E-state index in [2.05, 4.69) is 27.1 Å². The third-order valence-corrected chi connectivity index (χ3v) is 5.29. The van der Waals surface area contributed by atoms with E-state index in [1.54, 1.807) is 36.5 Å². The van der Waals surface area contributed by atoms with Gasteiger partial charge in [-0.05, 0) is 35.7 Å². The number of phenols is 1. The number of nitrogens with zero attached hydrogens (tertiary/aromatic N) is 3. The Bertz CT molecular complexity index is 1590. The van der Waals surface area contributed by atoms with Crippen molar-refractivity contribution in [2.45, 2.75) is 6.42 Å². The molecule has 0 unspecified atom stereocenters. The molecule has 2 aromatic heterocycles. The van der Waals surface area contributed by atoms with Crippen LogP contribution in [0.15, 0.2) is 81.6 Å². The summed E-state index contributed by atoms with van der Waals surface area (Å²) in [5, 5.41) is 38.1. The molecule has 4 aromatic rings. The fourth-order valence-corrected chi connectivity index (χ4v) is 3.75. The number of fused-ring (bicyclic) bond motifs is 2. The Hall–Kier alpha value is -4.83. The van der Waals surface area contributed by atoms with Gasteiger partial charge in [-0.3, -0.25) is 4.98 Å². The van der Waals surface area contributed by atoms with E-state index in [0.717, 1.165) is 10.8 Å². The van der Waals surface area contributed by atoms with Gasteiger partial charge in [0.15, 0.2) is 5.76 Å². The highest BCUT2D eigenvalue weighted by molar-refractivity contribution is 6.05. The molecule has 3 N–H and O–H groups in total. The fraction of sp³-hybridized carbons (Fsp3) is 0.0385. The van der Waals surface area contributed by atoms with Crippen molar-refractivity contribution >= 4 is 22.6 Å². The van der Waals surface area contributed by atoms with Crippen LogP contribution in [0.5, 0.6) is 5.75 Å². The number of oxime groups is 1. The third-order valence-electron chi connectivity index (χ3n) is 5.29. The average molecular weight is 435 g/mol. The number of hydrogen-bond acceptors (Lipinski definition) is 7. The first kappa shape index (κ1) is 20.1. The SMILES string of the molecule is ON=C1CC=Cc2oc(-c3cc4ccccc4cn3)c(C#Cc3cccc(O)c3)c(=NO)c21. The van der Waals surface area contributed by atoms with E-state index in [4.69, 9.17) is 4.42 Å². The Morgan fingerprint density at radius 1 is 0.939 bits per heavy atom. The Balaban J connectivity index is 1.82. The molecule has 33 heavy (non-hydrogen) atoms. The quantitative estimate of drug-likeness (QED) is 0.232. The molecule has 0 amide bonds. The third kappa shape index (κ3) is 3.70. The average Bonchev–Trinajstić information content (AvgIpc) is 2.86. The molecule has 0 saturated heterocycles. The second kappa shape index (κ2) is 8.36. The zero-order valence-electron chi connectivity index (χ0n) is 17.2. The van der Waals surface area contributed by atoms with E-state index in [1.165, 1.54) is 6.07 Å². The first-order valence-electron chi connectivity index (χ1n) is 10.1. The minimum absolute atomic E-state index is 0.0836. The highest BCUT2D eigenvalue weighted by Gasteiger charge is 2.24. The van der Waals surface area contributed by atoms with Crippen molar-refractivity contribution in [3.8, 4) is 29.0 Å². The lowest BCUT2D eigenvalue weighted by Gasteiger charge is -2.15. The summed E-state index contributed by atoms with van der Waals surface area (Å²) in [6.07, 6.45) is 5.60. The molecular formula is C26H17N3O4. The number of pyridine rings is 1. The van der Waals surface area contributed by atoms with Crippen molar-refractivity contribution in [2.24, 2.45) is 10.3 Å². The maximum atomic E-state index is 9.97. The maximum Gasteiger partial charge on any atom is 0.171 e. The number of benzene rings is 2. The van der Waals surface area contributed by atoms with Gasteiger partial charge >= 0.3 is 0 Å². The molecule has 0 bridgehead atoms.